The summed E-state index contributed by atoms with van der Waals surface area (Å²) in [6.45, 7) is 3.02. The molecular formula is C24H16F3N3O. The van der Waals surface area contributed by atoms with E-state index in [0.717, 1.165) is 5.56 Å². The third-order valence-electron chi connectivity index (χ3n) is 5.07. The van der Waals surface area contributed by atoms with Crippen LogP contribution in [0.2, 0.25) is 0 Å². The molecule has 0 saturated heterocycles. The van der Waals surface area contributed by atoms with Crippen molar-refractivity contribution >= 4 is 0 Å². The molecule has 0 fully saturated rings. The maximum atomic E-state index is 14.6. The maximum Gasteiger partial charge on any atom is 0.436 e. The first-order valence-corrected chi connectivity index (χ1v) is 9.32. The van der Waals surface area contributed by atoms with E-state index in [1.165, 1.54) is 38.1 Å². The van der Waals surface area contributed by atoms with Crippen molar-refractivity contribution in [1.82, 2.24) is 0 Å². The van der Waals surface area contributed by atoms with Crippen LogP contribution in [0.4, 0.5) is 13.2 Å². The smallest absolute Gasteiger partial charge is 0.436 e. The number of nitriles is 3. The van der Waals surface area contributed by atoms with Gasteiger partial charge in [0.05, 0.1) is 0 Å². The van der Waals surface area contributed by atoms with Crippen LogP contribution in [0.15, 0.2) is 77.1 Å². The molecule has 1 atom stereocenters. The molecule has 1 aliphatic rings. The summed E-state index contributed by atoms with van der Waals surface area (Å²) in [7, 11) is 0. The molecule has 31 heavy (non-hydrogen) atoms. The molecule has 0 saturated carbocycles. The highest BCUT2D eigenvalue weighted by molar-refractivity contribution is 5.65. The van der Waals surface area contributed by atoms with E-state index in [2.05, 4.69) is 0 Å². The van der Waals surface area contributed by atoms with Crippen LogP contribution in [0.1, 0.15) is 19.4 Å². The van der Waals surface area contributed by atoms with Gasteiger partial charge >= 0.3 is 6.18 Å². The van der Waals surface area contributed by atoms with Gasteiger partial charge in [-0.15, -0.1) is 0 Å². The van der Waals surface area contributed by atoms with E-state index in [9.17, 15) is 29.0 Å². The molecule has 3 rings (SSSR count). The van der Waals surface area contributed by atoms with Crippen LogP contribution < -0.4 is 0 Å². The molecule has 1 aliphatic heterocycles. The Morgan fingerprint density at radius 1 is 0.903 bits per heavy atom. The molecule has 0 aromatic heterocycles. The van der Waals surface area contributed by atoms with E-state index in [4.69, 9.17) is 4.74 Å². The second-order valence-corrected chi connectivity index (χ2v) is 7.21. The fraction of sp³-hybridized carbons (Fsp3) is 0.208. The zero-order valence-corrected chi connectivity index (χ0v) is 16.7. The van der Waals surface area contributed by atoms with Gasteiger partial charge in [0.15, 0.2) is 11.3 Å². The van der Waals surface area contributed by atoms with Crippen LogP contribution >= 0.6 is 0 Å². The number of nitrogens with zero attached hydrogens (tertiary/aromatic N) is 3. The number of allylic oxidation sites excluding steroid dienone is 2. The summed E-state index contributed by atoms with van der Waals surface area (Å²) < 4.78 is 49.3. The Kier molecular flexibility index (Phi) is 5.60. The second kappa shape index (κ2) is 8.01. The number of benzene rings is 2. The average Bonchev–Trinajstić information content (AvgIpc) is 3.12. The molecule has 1 unspecified atom stereocenters. The Morgan fingerprint density at radius 3 is 1.90 bits per heavy atom. The number of alkyl halides is 3. The lowest BCUT2D eigenvalue weighted by Crippen LogP contribution is -2.45. The summed E-state index contributed by atoms with van der Waals surface area (Å²) in [5.41, 5.74) is -3.11. The van der Waals surface area contributed by atoms with Crippen molar-refractivity contribution in [2.75, 3.05) is 0 Å². The summed E-state index contributed by atoms with van der Waals surface area (Å²) in [6.07, 6.45) is -4.96. The largest absolute Gasteiger partial charge is 0.465 e. The highest BCUT2D eigenvalue weighted by Gasteiger charge is 2.66. The van der Waals surface area contributed by atoms with Crippen LogP contribution in [0.25, 0.3) is 11.1 Å². The molecular weight excluding hydrogens is 403 g/mol. The van der Waals surface area contributed by atoms with E-state index >= 15 is 0 Å². The van der Waals surface area contributed by atoms with Crippen molar-refractivity contribution in [2.24, 2.45) is 5.92 Å². The first kappa shape index (κ1) is 21.7. The molecule has 0 spiro atoms. The summed E-state index contributed by atoms with van der Waals surface area (Å²) in [6, 6.07) is 19.6. The Bertz CT molecular complexity index is 1170. The van der Waals surface area contributed by atoms with Gasteiger partial charge in [-0.25, -0.2) is 0 Å². The van der Waals surface area contributed by atoms with Crippen molar-refractivity contribution < 1.29 is 17.9 Å². The van der Waals surface area contributed by atoms with Crippen LogP contribution in [-0.4, -0.2) is 6.18 Å². The van der Waals surface area contributed by atoms with Gasteiger partial charge in [-0.05, 0) is 17.0 Å². The van der Waals surface area contributed by atoms with Crippen molar-refractivity contribution in [1.29, 1.82) is 15.8 Å². The lowest BCUT2D eigenvalue weighted by Gasteiger charge is -2.35. The van der Waals surface area contributed by atoms with Gasteiger partial charge in [-0.3, -0.25) is 0 Å². The molecule has 2 aromatic rings. The Hall–Kier alpha value is -4.02. The van der Waals surface area contributed by atoms with E-state index in [-0.39, 0.29) is 11.1 Å². The van der Waals surface area contributed by atoms with Crippen molar-refractivity contribution in [3.8, 4) is 29.3 Å². The van der Waals surface area contributed by atoms with Gasteiger partial charge in [0, 0.05) is 11.1 Å². The number of hydrogen-bond donors (Lipinski definition) is 0. The topological polar surface area (TPSA) is 80.6 Å². The number of ether oxygens (including phenoxy) is 1. The molecule has 0 aliphatic carbocycles. The summed E-state index contributed by atoms with van der Waals surface area (Å²) in [5, 5.41) is 28.0. The minimum atomic E-state index is -4.96. The average molecular weight is 419 g/mol. The zero-order chi connectivity index (χ0) is 22.8. The lowest BCUT2D eigenvalue weighted by atomic mass is 9.78. The third kappa shape index (κ3) is 3.43. The van der Waals surface area contributed by atoms with Gasteiger partial charge in [0.1, 0.15) is 23.8 Å². The van der Waals surface area contributed by atoms with Crippen LogP contribution in [0.5, 0.6) is 0 Å². The van der Waals surface area contributed by atoms with E-state index in [0.29, 0.717) is 5.56 Å². The summed E-state index contributed by atoms with van der Waals surface area (Å²) >= 11 is 0. The Labute approximate surface area is 177 Å². The van der Waals surface area contributed by atoms with Gasteiger partial charge < -0.3 is 4.74 Å². The first-order valence-electron chi connectivity index (χ1n) is 9.32. The molecule has 0 N–H and O–H groups in total. The molecule has 154 valence electrons. The van der Waals surface area contributed by atoms with E-state index in [1.807, 2.05) is 30.3 Å². The molecule has 0 radical (unpaired) electrons. The van der Waals surface area contributed by atoms with Crippen molar-refractivity contribution in [3.63, 3.8) is 0 Å². The van der Waals surface area contributed by atoms with Gasteiger partial charge in [0.25, 0.3) is 5.60 Å². The molecule has 2 aromatic carbocycles. The van der Waals surface area contributed by atoms with Crippen LogP contribution in [0, 0.1) is 39.9 Å². The standard InChI is InChI=1S/C24H16F3N3O/c1-15(2)21-20(14-30)22(18(12-28)13-29)31-23(21,24(25,26)27)19-10-8-17(9-11-19)16-6-4-3-5-7-16/h3-11,15H,1-2H3. The molecule has 1 heterocycles. The van der Waals surface area contributed by atoms with Crippen molar-refractivity contribution in [2.45, 2.75) is 25.6 Å². The minimum absolute atomic E-state index is 0.235. The Morgan fingerprint density at radius 2 is 1.45 bits per heavy atom. The second-order valence-electron chi connectivity index (χ2n) is 7.21. The van der Waals surface area contributed by atoms with E-state index in [1.54, 1.807) is 18.2 Å². The fourth-order valence-corrected chi connectivity index (χ4v) is 3.78. The normalized spacial score (nSPS) is 18.2. The first-order chi connectivity index (χ1) is 14.7. The number of halogens is 3. The Balaban J connectivity index is 2.31. The SMILES string of the molecule is CC(C)C1=C(C#N)C(=C(C#N)C#N)OC1(c1ccc(-c2ccccc2)cc1)C(F)(F)F. The molecule has 0 bridgehead atoms. The third-order valence-corrected chi connectivity index (χ3v) is 5.07. The highest BCUT2D eigenvalue weighted by atomic mass is 19.4. The van der Waals surface area contributed by atoms with Crippen molar-refractivity contribution in [3.05, 3.63) is 82.6 Å². The molecule has 4 nitrogen and oxygen atoms in total. The minimum Gasteiger partial charge on any atom is -0.465 e. The summed E-state index contributed by atoms with van der Waals surface area (Å²) in [5.74, 6) is -1.39. The zero-order valence-electron chi connectivity index (χ0n) is 16.7. The van der Waals surface area contributed by atoms with Crippen LogP contribution in [-0.2, 0) is 10.3 Å². The fourth-order valence-electron chi connectivity index (χ4n) is 3.78. The highest BCUT2D eigenvalue weighted by Crippen LogP contribution is 2.57. The number of hydrogen-bond acceptors (Lipinski definition) is 4. The molecule has 0 amide bonds. The maximum absolute atomic E-state index is 14.6. The van der Waals surface area contributed by atoms with Gasteiger partial charge in [0.2, 0.25) is 0 Å². The predicted molar refractivity (Wildman–Crippen MR) is 106 cm³/mol. The van der Waals surface area contributed by atoms with Gasteiger partial charge in [-0.1, -0.05) is 68.4 Å². The number of rotatable bonds is 3. The van der Waals surface area contributed by atoms with Gasteiger partial charge in [-0.2, -0.15) is 29.0 Å². The van der Waals surface area contributed by atoms with Crippen LogP contribution in [0.3, 0.4) is 0 Å². The molecule has 7 heteroatoms. The quantitative estimate of drug-likeness (QED) is 0.579. The lowest BCUT2D eigenvalue weighted by molar-refractivity contribution is -0.252. The monoisotopic (exact) mass is 419 g/mol. The summed E-state index contributed by atoms with van der Waals surface area (Å²) in [4.78, 5) is 0. The predicted octanol–water partition coefficient (Wildman–Crippen LogP) is 5.92. The van der Waals surface area contributed by atoms with E-state index < -0.39 is 34.6 Å².